The Kier molecular flexibility index (Phi) is 8.07. The number of ether oxygens (including phenoxy) is 1. The standard InChI is InChI=1S/C20H21Cl2NO3/c1-2-3-4-5-6-7-19(25)26-20-17(21)12-15(13-18(20)22)23-14-8-10-16(24)11-9-14/h8-13H,2-7H2,1H3. The van der Waals surface area contributed by atoms with Crippen LogP contribution in [-0.2, 0) is 9.59 Å². The fourth-order valence-electron chi connectivity index (χ4n) is 2.42. The Labute approximate surface area is 163 Å². The van der Waals surface area contributed by atoms with Gasteiger partial charge in [-0.2, -0.15) is 0 Å². The highest BCUT2D eigenvalue weighted by atomic mass is 35.5. The van der Waals surface area contributed by atoms with Crippen molar-refractivity contribution in [3.05, 3.63) is 46.5 Å². The molecule has 1 aliphatic rings. The van der Waals surface area contributed by atoms with E-state index in [1.807, 2.05) is 0 Å². The Morgan fingerprint density at radius 2 is 1.62 bits per heavy atom. The number of halogens is 2. The lowest BCUT2D eigenvalue weighted by molar-refractivity contribution is -0.134. The molecule has 6 heteroatoms. The van der Waals surface area contributed by atoms with Gasteiger partial charge in [0, 0.05) is 6.42 Å². The van der Waals surface area contributed by atoms with Crippen LogP contribution in [0.5, 0.6) is 5.75 Å². The number of aliphatic imine (C=N–C) groups is 1. The highest BCUT2D eigenvalue weighted by molar-refractivity contribution is 6.37. The number of ketones is 1. The lowest BCUT2D eigenvalue weighted by Crippen LogP contribution is -2.08. The molecule has 0 bridgehead atoms. The lowest BCUT2D eigenvalue weighted by Gasteiger charge is -2.09. The molecule has 0 saturated carbocycles. The largest absolute Gasteiger partial charge is 0.423 e. The van der Waals surface area contributed by atoms with Gasteiger partial charge < -0.3 is 4.74 Å². The molecule has 2 rings (SSSR count). The molecule has 0 N–H and O–H groups in total. The quantitative estimate of drug-likeness (QED) is 0.234. The normalized spacial score (nSPS) is 13.2. The molecule has 1 aromatic carbocycles. The third-order valence-electron chi connectivity index (χ3n) is 3.78. The van der Waals surface area contributed by atoms with Crippen LogP contribution in [0.25, 0.3) is 0 Å². The van der Waals surface area contributed by atoms with Crippen molar-refractivity contribution in [2.24, 2.45) is 4.99 Å². The van der Waals surface area contributed by atoms with Gasteiger partial charge in [-0.1, -0.05) is 55.8 Å². The lowest BCUT2D eigenvalue weighted by atomic mass is 10.1. The predicted molar refractivity (Wildman–Crippen MR) is 106 cm³/mol. The summed E-state index contributed by atoms with van der Waals surface area (Å²) >= 11 is 12.4. The van der Waals surface area contributed by atoms with E-state index in [1.165, 1.54) is 18.6 Å². The summed E-state index contributed by atoms with van der Waals surface area (Å²) in [5, 5.41) is 0.437. The number of hydrogen-bond donors (Lipinski definition) is 0. The van der Waals surface area contributed by atoms with Crippen molar-refractivity contribution in [1.82, 2.24) is 0 Å². The second-order valence-electron chi connectivity index (χ2n) is 5.98. The van der Waals surface area contributed by atoms with Crippen LogP contribution in [0, 0.1) is 0 Å². The van der Waals surface area contributed by atoms with Crippen molar-refractivity contribution in [1.29, 1.82) is 0 Å². The van der Waals surface area contributed by atoms with Crippen LogP contribution in [0.2, 0.25) is 10.0 Å². The summed E-state index contributed by atoms with van der Waals surface area (Å²) in [5.74, 6) is -0.279. The number of hydrogen-bond acceptors (Lipinski definition) is 4. The van der Waals surface area contributed by atoms with Gasteiger partial charge in [0.25, 0.3) is 0 Å². The van der Waals surface area contributed by atoms with Crippen LogP contribution in [0.3, 0.4) is 0 Å². The molecular formula is C20H21Cl2NO3. The monoisotopic (exact) mass is 393 g/mol. The van der Waals surface area contributed by atoms with E-state index >= 15 is 0 Å². The summed E-state index contributed by atoms with van der Waals surface area (Å²) in [6, 6.07) is 3.14. The zero-order valence-electron chi connectivity index (χ0n) is 14.6. The van der Waals surface area contributed by atoms with Gasteiger partial charge in [0.1, 0.15) is 0 Å². The van der Waals surface area contributed by atoms with Crippen LogP contribution in [0.4, 0.5) is 5.69 Å². The zero-order chi connectivity index (χ0) is 18.9. The van der Waals surface area contributed by atoms with Crippen molar-refractivity contribution in [2.45, 2.75) is 45.4 Å². The van der Waals surface area contributed by atoms with E-state index in [-0.39, 0.29) is 27.5 Å². The molecule has 0 aliphatic heterocycles. The highest BCUT2D eigenvalue weighted by Gasteiger charge is 2.14. The van der Waals surface area contributed by atoms with Crippen LogP contribution >= 0.6 is 23.2 Å². The topological polar surface area (TPSA) is 55.7 Å². The molecule has 0 saturated heterocycles. The van der Waals surface area contributed by atoms with Gasteiger partial charge in [0.05, 0.1) is 21.4 Å². The van der Waals surface area contributed by atoms with Gasteiger partial charge in [0.2, 0.25) is 0 Å². The number of nitrogens with zero attached hydrogens (tertiary/aromatic N) is 1. The minimum atomic E-state index is -0.346. The minimum absolute atomic E-state index is 0.0861. The van der Waals surface area contributed by atoms with E-state index in [1.54, 1.807) is 24.3 Å². The molecule has 1 aliphatic carbocycles. The Bertz CT molecular complexity index is 725. The Hall–Kier alpha value is -1.91. The van der Waals surface area contributed by atoms with Crippen LogP contribution in [-0.4, -0.2) is 17.5 Å². The smallest absolute Gasteiger partial charge is 0.311 e. The van der Waals surface area contributed by atoms with Crippen LogP contribution < -0.4 is 4.74 Å². The number of carbonyl (C=O) groups excluding carboxylic acids is 2. The number of carbonyl (C=O) groups is 2. The second-order valence-corrected chi connectivity index (χ2v) is 6.80. The predicted octanol–water partition coefficient (Wildman–Crippen LogP) is 6.03. The molecule has 0 aromatic heterocycles. The van der Waals surface area contributed by atoms with E-state index in [9.17, 15) is 9.59 Å². The molecule has 0 radical (unpaired) electrons. The molecule has 0 amide bonds. The van der Waals surface area contributed by atoms with Gasteiger partial charge >= 0.3 is 5.97 Å². The number of unbranched alkanes of at least 4 members (excludes halogenated alkanes) is 4. The highest BCUT2D eigenvalue weighted by Crippen LogP contribution is 2.37. The second kappa shape index (κ2) is 10.3. The third kappa shape index (κ3) is 6.43. The SMILES string of the molecule is CCCCCCCC(=O)Oc1c(Cl)cc(N=C2C=CC(=O)C=C2)cc1Cl. The number of benzene rings is 1. The van der Waals surface area contributed by atoms with Gasteiger partial charge in [-0.05, 0) is 42.9 Å². The Morgan fingerprint density at radius 3 is 2.23 bits per heavy atom. The van der Waals surface area contributed by atoms with E-state index in [0.717, 1.165) is 25.7 Å². The molecule has 0 heterocycles. The molecule has 0 fully saturated rings. The Balaban J connectivity index is 1.99. The molecule has 0 spiro atoms. The van der Waals surface area contributed by atoms with Crippen molar-refractivity contribution in [3.8, 4) is 5.75 Å². The maximum atomic E-state index is 12.0. The minimum Gasteiger partial charge on any atom is -0.423 e. The summed E-state index contributed by atoms with van der Waals surface area (Å²) in [7, 11) is 0. The Morgan fingerprint density at radius 1 is 1.00 bits per heavy atom. The van der Waals surface area contributed by atoms with Crippen molar-refractivity contribution < 1.29 is 14.3 Å². The maximum absolute atomic E-state index is 12.0. The van der Waals surface area contributed by atoms with E-state index in [4.69, 9.17) is 27.9 Å². The molecule has 0 unspecified atom stereocenters. The first kappa shape index (κ1) is 20.4. The first-order chi connectivity index (χ1) is 12.5. The van der Waals surface area contributed by atoms with Crippen molar-refractivity contribution in [3.63, 3.8) is 0 Å². The van der Waals surface area contributed by atoms with Gasteiger partial charge in [-0.15, -0.1) is 0 Å². The summed E-state index contributed by atoms with van der Waals surface area (Å²) in [4.78, 5) is 27.4. The average molecular weight is 394 g/mol. The summed E-state index contributed by atoms with van der Waals surface area (Å²) in [6.45, 7) is 2.15. The van der Waals surface area contributed by atoms with Gasteiger partial charge in [0.15, 0.2) is 11.5 Å². The number of esters is 1. The van der Waals surface area contributed by atoms with Crippen molar-refractivity contribution >= 4 is 46.4 Å². The fraction of sp³-hybridized carbons (Fsp3) is 0.350. The summed E-state index contributed by atoms with van der Waals surface area (Å²) in [5.41, 5.74) is 1.12. The van der Waals surface area contributed by atoms with Gasteiger partial charge in [-0.25, -0.2) is 4.99 Å². The molecule has 138 valence electrons. The van der Waals surface area contributed by atoms with Crippen LogP contribution in [0.1, 0.15) is 45.4 Å². The van der Waals surface area contributed by atoms with Crippen LogP contribution in [0.15, 0.2) is 41.4 Å². The van der Waals surface area contributed by atoms with E-state index < -0.39 is 0 Å². The first-order valence-electron chi connectivity index (χ1n) is 8.68. The van der Waals surface area contributed by atoms with E-state index in [0.29, 0.717) is 17.8 Å². The number of allylic oxidation sites excluding steroid dienone is 4. The van der Waals surface area contributed by atoms with Crippen molar-refractivity contribution in [2.75, 3.05) is 0 Å². The fourth-order valence-corrected chi connectivity index (χ4v) is 2.97. The zero-order valence-corrected chi connectivity index (χ0v) is 16.1. The average Bonchev–Trinajstić information content (AvgIpc) is 2.60. The summed E-state index contributed by atoms with van der Waals surface area (Å²) < 4.78 is 5.32. The molecule has 0 atom stereocenters. The molecular weight excluding hydrogens is 373 g/mol. The molecule has 4 nitrogen and oxygen atoms in total. The number of rotatable bonds is 8. The maximum Gasteiger partial charge on any atom is 0.311 e. The molecule has 26 heavy (non-hydrogen) atoms. The first-order valence-corrected chi connectivity index (χ1v) is 9.43. The summed E-state index contributed by atoms with van der Waals surface area (Å²) in [6.07, 6.45) is 11.7. The van der Waals surface area contributed by atoms with E-state index in [2.05, 4.69) is 11.9 Å². The third-order valence-corrected chi connectivity index (χ3v) is 4.34. The van der Waals surface area contributed by atoms with Gasteiger partial charge in [-0.3, -0.25) is 9.59 Å². The molecule has 1 aromatic rings.